The van der Waals surface area contributed by atoms with Crippen molar-refractivity contribution in [3.63, 3.8) is 0 Å². The van der Waals surface area contributed by atoms with E-state index in [2.05, 4.69) is 0 Å². The Morgan fingerprint density at radius 3 is 2.27 bits per heavy atom. The molecule has 0 N–H and O–H groups in total. The highest BCUT2D eigenvalue weighted by Crippen LogP contribution is 2.34. The maximum atomic E-state index is 12.7. The van der Waals surface area contributed by atoms with E-state index < -0.39 is 40.3 Å². The molecule has 1 heterocycles. The Morgan fingerprint density at radius 1 is 1.23 bits per heavy atom. The van der Waals surface area contributed by atoms with E-state index in [1.165, 1.54) is 17.0 Å². The number of alkyl halides is 3. The molecule has 0 aromatic heterocycles. The Labute approximate surface area is 149 Å². The summed E-state index contributed by atoms with van der Waals surface area (Å²) in [7, 11) is 0. The Hall–Kier alpha value is -2.32. The fourth-order valence-electron chi connectivity index (χ4n) is 2.95. The Kier molecular flexibility index (Phi) is 5.48. The van der Waals surface area contributed by atoms with E-state index in [9.17, 15) is 28.1 Å². The molecule has 1 amide bonds. The number of nitro groups is 1. The van der Waals surface area contributed by atoms with Crippen LogP contribution >= 0.6 is 0 Å². The molecule has 1 fully saturated rings. The van der Waals surface area contributed by atoms with Gasteiger partial charge in [-0.25, -0.2) is 4.79 Å². The molecule has 0 unspecified atom stereocenters. The molecule has 1 saturated heterocycles. The summed E-state index contributed by atoms with van der Waals surface area (Å²) < 4.78 is 43.3. The molecule has 26 heavy (non-hydrogen) atoms. The molecule has 1 aliphatic rings. The highest BCUT2D eigenvalue weighted by atomic mass is 19.4. The minimum absolute atomic E-state index is 0.145. The van der Waals surface area contributed by atoms with E-state index in [0.717, 1.165) is 12.1 Å². The van der Waals surface area contributed by atoms with Crippen LogP contribution in [0.4, 0.5) is 18.0 Å². The van der Waals surface area contributed by atoms with E-state index in [4.69, 9.17) is 4.74 Å². The number of piperidine rings is 1. The number of nitrogens with zero attached hydrogens (tertiary/aromatic N) is 2. The Morgan fingerprint density at radius 2 is 1.81 bits per heavy atom. The summed E-state index contributed by atoms with van der Waals surface area (Å²) in [4.78, 5) is 24.4. The number of carbonyl (C=O) groups is 1. The van der Waals surface area contributed by atoms with E-state index in [1.54, 1.807) is 20.8 Å². The van der Waals surface area contributed by atoms with Gasteiger partial charge in [-0.2, -0.15) is 13.2 Å². The lowest BCUT2D eigenvalue weighted by molar-refractivity contribution is -0.529. The first-order chi connectivity index (χ1) is 11.9. The van der Waals surface area contributed by atoms with Crippen molar-refractivity contribution in [2.75, 3.05) is 13.1 Å². The van der Waals surface area contributed by atoms with Crippen molar-refractivity contribution < 1.29 is 27.6 Å². The number of likely N-dealkylation sites (tertiary alicyclic amines) is 1. The van der Waals surface area contributed by atoms with Crippen molar-refractivity contribution in [3.05, 3.63) is 45.5 Å². The average Bonchev–Trinajstić information content (AvgIpc) is 2.52. The van der Waals surface area contributed by atoms with Crippen LogP contribution in [-0.2, 0) is 10.9 Å². The van der Waals surface area contributed by atoms with Crippen LogP contribution in [0.2, 0.25) is 0 Å². The second kappa shape index (κ2) is 7.13. The van der Waals surface area contributed by atoms with Crippen LogP contribution in [0, 0.1) is 10.1 Å². The van der Waals surface area contributed by atoms with Crippen molar-refractivity contribution in [2.45, 2.75) is 50.9 Å². The largest absolute Gasteiger partial charge is 0.444 e. The zero-order valence-electron chi connectivity index (χ0n) is 14.7. The van der Waals surface area contributed by atoms with Crippen molar-refractivity contribution in [1.82, 2.24) is 4.90 Å². The van der Waals surface area contributed by atoms with Crippen LogP contribution in [-0.4, -0.2) is 40.6 Å². The van der Waals surface area contributed by atoms with Gasteiger partial charge in [-0.05, 0) is 44.9 Å². The zero-order chi connectivity index (χ0) is 19.7. The van der Waals surface area contributed by atoms with Crippen molar-refractivity contribution in [1.29, 1.82) is 0 Å². The highest BCUT2D eigenvalue weighted by molar-refractivity contribution is 5.68. The van der Waals surface area contributed by atoms with Gasteiger partial charge in [-0.3, -0.25) is 10.1 Å². The summed E-state index contributed by atoms with van der Waals surface area (Å²) in [5.74, 6) is -0.564. The molecule has 1 aliphatic heterocycles. The topological polar surface area (TPSA) is 72.7 Å². The van der Waals surface area contributed by atoms with Crippen molar-refractivity contribution in [2.24, 2.45) is 0 Å². The van der Waals surface area contributed by atoms with Gasteiger partial charge in [-0.1, -0.05) is 12.1 Å². The summed E-state index contributed by atoms with van der Waals surface area (Å²) in [6, 6.07) is 3.28. The highest BCUT2D eigenvalue weighted by Gasteiger charge is 2.41. The number of benzene rings is 1. The molecule has 2 rings (SSSR count). The number of halogens is 3. The van der Waals surface area contributed by atoms with Crippen LogP contribution in [0.5, 0.6) is 0 Å². The number of ether oxygens (including phenoxy) is 1. The molecule has 0 bridgehead atoms. The van der Waals surface area contributed by atoms with E-state index >= 15 is 0 Å². The number of hydrogen-bond acceptors (Lipinski definition) is 4. The minimum Gasteiger partial charge on any atom is -0.444 e. The first kappa shape index (κ1) is 20.0. The lowest BCUT2D eigenvalue weighted by atomic mass is 9.85. The SMILES string of the molecule is CC(C)(C)OC(=O)N1CC[C@H](c2ccc(C(F)(F)F)cc2)[C@@H]([N+](=O)[O-])C1. The van der Waals surface area contributed by atoms with Crippen molar-refractivity contribution >= 4 is 6.09 Å². The molecule has 0 aliphatic carbocycles. The van der Waals surface area contributed by atoms with E-state index in [-0.39, 0.29) is 19.5 Å². The Bertz CT molecular complexity index is 668. The summed E-state index contributed by atoms with van der Waals surface area (Å²) >= 11 is 0. The molecular formula is C17H21F3N2O4. The third kappa shape index (κ3) is 4.86. The zero-order valence-corrected chi connectivity index (χ0v) is 14.7. The molecule has 144 valence electrons. The van der Waals surface area contributed by atoms with Crippen molar-refractivity contribution in [3.8, 4) is 0 Å². The quantitative estimate of drug-likeness (QED) is 0.578. The number of amides is 1. The van der Waals surface area contributed by atoms with Gasteiger partial charge in [0.1, 0.15) is 5.60 Å². The lowest BCUT2D eigenvalue weighted by Gasteiger charge is -2.35. The summed E-state index contributed by atoms with van der Waals surface area (Å²) in [6.45, 7) is 5.19. The van der Waals surface area contributed by atoms with Crippen LogP contribution in [0.15, 0.2) is 24.3 Å². The smallest absolute Gasteiger partial charge is 0.416 e. The number of hydrogen-bond donors (Lipinski definition) is 0. The number of rotatable bonds is 2. The molecular weight excluding hydrogens is 353 g/mol. The first-order valence-corrected chi connectivity index (χ1v) is 8.17. The minimum atomic E-state index is -4.46. The molecule has 1 aromatic rings. The van der Waals surface area contributed by atoms with Gasteiger partial charge in [0, 0.05) is 11.5 Å². The van der Waals surface area contributed by atoms with Gasteiger partial charge in [0.05, 0.1) is 18.0 Å². The molecule has 0 radical (unpaired) electrons. The second-order valence-corrected chi connectivity index (χ2v) is 7.29. The number of carbonyl (C=O) groups excluding carboxylic acids is 1. The van der Waals surface area contributed by atoms with Gasteiger partial charge in [0.15, 0.2) is 0 Å². The molecule has 0 spiro atoms. The van der Waals surface area contributed by atoms with Gasteiger partial charge in [-0.15, -0.1) is 0 Å². The van der Waals surface area contributed by atoms with Crippen LogP contribution < -0.4 is 0 Å². The van der Waals surface area contributed by atoms with E-state index in [1.807, 2.05) is 0 Å². The van der Waals surface area contributed by atoms with E-state index in [0.29, 0.717) is 5.56 Å². The van der Waals surface area contributed by atoms with Crippen LogP contribution in [0.1, 0.15) is 44.2 Å². The first-order valence-electron chi connectivity index (χ1n) is 8.17. The monoisotopic (exact) mass is 374 g/mol. The third-order valence-electron chi connectivity index (χ3n) is 4.17. The normalized spacial score (nSPS) is 21.4. The summed E-state index contributed by atoms with van der Waals surface area (Å²) in [5.41, 5.74) is -1.06. The molecule has 1 aromatic carbocycles. The van der Waals surface area contributed by atoms with Gasteiger partial charge < -0.3 is 9.64 Å². The lowest BCUT2D eigenvalue weighted by Crippen LogP contribution is -2.50. The molecule has 6 nitrogen and oxygen atoms in total. The van der Waals surface area contributed by atoms with Crippen LogP contribution in [0.3, 0.4) is 0 Å². The predicted octanol–water partition coefficient (Wildman–Crippen LogP) is 4.08. The van der Waals surface area contributed by atoms with Crippen LogP contribution in [0.25, 0.3) is 0 Å². The second-order valence-electron chi connectivity index (χ2n) is 7.29. The molecule has 9 heteroatoms. The maximum absolute atomic E-state index is 12.7. The summed E-state index contributed by atoms with van der Waals surface area (Å²) in [6.07, 6.45) is -4.81. The van der Waals surface area contributed by atoms with Gasteiger partial charge in [0.2, 0.25) is 6.04 Å². The Balaban J connectivity index is 2.16. The summed E-state index contributed by atoms with van der Waals surface area (Å²) in [5, 5.41) is 11.5. The fourth-order valence-corrected chi connectivity index (χ4v) is 2.95. The molecule has 2 atom stereocenters. The molecule has 0 saturated carbocycles. The van der Waals surface area contributed by atoms with Gasteiger partial charge >= 0.3 is 12.3 Å². The maximum Gasteiger partial charge on any atom is 0.416 e. The fraction of sp³-hybridized carbons (Fsp3) is 0.588. The average molecular weight is 374 g/mol. The predicted molar refractivity (Wildman–Crippen MR) is 87.4 cm³/mol. The third-order valence-corrected chi connectivity index (χ3v) is 4.17. The van der Waals surface area contributed by atoms with Gasteiger partial charge in [0.25, 0.3) is 0 Å². The standard InChI is InChI=1S/C17H21F3N2O4/c1-16(2,3)26-15(23)21-9-8-13(14(10-21)22(24)25)11-4-6-12(7-5-11)17(18,19)20/h4-7,13-14H,8-10H2,1-3H3/t13-,14+/m1/s1.